The van der Waals surface area contributed by atoms with Crippen molar-refractivity contribution in [1.29, 1.82) is 0 Å². The fourth-order valence-electron chi connectivity index (χ4n) is 12.6. The molecule has 4 aromatic rings. The first-order valence-corrected chi connectivity index (χ1v) is 22.0. The predicted molar refractivity (Wildman–Crippen MR) is 209 cm³/mol. The third-order valence-electron chi connectivity index (χ3n) is 14.1. The molecule has 8 fully saturated rings. The molecule has 276 valence electrons. The number of hydrogen-bond donors (Lipinski definition) is 0. The van der Waals surface area contributed by atoms with Crippen LogP contribution >= 0.6 is 17.2 Å². The van der Waals surface area contributed by atoms with Gasteiger partial charge in [-0.2, -0.15) is 28.8 Å². The summed E-state index contributed by atoms with van der Waals surface area (Å²) in [6.07, 6.45) is 24.2. The Kier molecular flexibility index (Phi) is 10.3. The van der Waals surface area contributed by atoms with Crippen LogP contribution in [0.5, 0.6) is 0 Å². The Morgan fingerprint density at radius 1 is 0.627 bits per heavy atom. The molecule has 0 spiro atoms. The van der Waals surface area contributed by atoms with Gasteiger partial charge in [0.15, 0.2) is 0 Å². The zero-order valence-corrected chi connectivity index (χ0v) is 33.9. The first-order chi connectivity index (χ1) is 24.2. The average molecular weight is 759 g/mol. The van der Waals surface area contributed by atoms with Crippen molar-refractivity contribution >= 4 is 17.2 Å². The maximum atomic E-state index is 4.89. The minimum absolute atomic E-state index is 0. The normalized spacial score (nSPS) is 33.7. The van der Waals surface area contributed by atoms with Gasteiger partial charge in [-0.05, 0) is 135 Å². The maximum absolute atomic E-state index is 4.89. The first-order valence-electron chi connectivity index (χ1n) is 19.8. The third kappa shape index (κ3) is 6.79. The van der Waals surface area contributed by atoms with E-state index in [4.69, 9.17) is 19.9 Å². The largest absolute Gasteiger partial charge is 0.748 e. The van der Waals surface area contributed by atoms with E-state index in [1.807, 2.05) is 67.3 Å². The molecule has 4 nitrogen and oxygen atoms in total. The van der Waals surface area contributed by atoms with Crippen LogP contribution in [0.4, 0.5) is 0 Å². The number of aromatic nitrogens is 4. The summed E-state index contributed by atoms with van der Waals surface area (Å²) in [6, 6.07) is 19.0. The second-order valence-corrected chi connectivity index (χ2v) is 21.8. The summed E-state index contributed by atoms with van der Waals surface area (Å²) in [6.45, 7) is 7.12. The Hall–Kier alpha value is -1.76. The van der Waals surface area contributed by atoms with Gasteiger partial charge in [-0.25, -0.2) is 19.9 Å². The molecule has 12 rings (SSSR count). The molecule has 7 heteroatoms. The van der Waals surface area contributed by atoms with Crippen molar-refractivity contribution in [1.82, 2.24) is 19.9 Å². The Bertz CT molecular complexity index is 1580. The van der Waals surface area contributed by atoms with Crippen molar-refractivity contribution in [3.8, 4) is 0 Å². The molecule has 0 amide bonds. The fraction of sp³-hybridized carbons (Fsp3) is 0.591. The molecule has 1 unspecified atom stereocenters. The summed E-state index contributed by atoms with van der Waals surface area (Å²) in [5, 5.41) is -0.684. The summed E-state index contributed by atoms with van der Waals surface area (Å²) in [5.74, 6) is 9.64. The molecule has 0 saturated heterocycles. The molecule has 51 heavy (non-hydrogen) atoms. The van der Waals surface area contributed by atoms with E-state index in [0.717, 1.165) is 70.3 Å². The molecule has 8 aliphatic rings. The summed E-state index contributed by atoms with van der Waals surface area (Å²) in [5.41, 5.74) is 6.30. The van der Waals surface area contributed by atoms with Crippen molar-refractivity contribution < 1.29 is 17.1 Å². The van der Waals surface area contributed by atoms with Gasteiger partial charge >= 0.3 is 0 Å². The topological polar surface area (TPSA) is 51.6 Å². The average Bonchev–Trinajstić information content (AvgIpc) is 3.83. The van der Waals surface area contributed by atoms with Crippen molar-refractivity contribution in [2.45, 2.75) is 113 Å². The Morgan fingerprint density at radius 2 is 1.00 bits per heavy atom. The molecule has 1 atom stereocenters. The third-order valence-corrected chi connectivity index (χ3v) is 18.9. The molecule has 2 aromatic carbocycles. The second-order valence-electron chi connectivity index (χ2n) is 18.4. The van der Waals surface area contributed by atoms with Crippen LogP contribution in [0, 0.1) is 47.3 Å². The summed E-state index contributed by atoms with van der Waals surface area (Å²) >= 11 is 0. The predicted octanol–water partition coefficient (Wildman–Crippen LogP) is 10.5. The Labute approximate surface area is 320 Å². The van der Waals surface area contributed by atoms with E-state index in [0.29, 0.717) is 0 Å². The van der Waals surface area contributed by atoms with Gasteiger partial charge in [0.25, 0.3) is 0 Å². The van der Waals surface area contributed by atoms with Crippen LogP contribution in [0.15, 0.2) is 79.4 Å². The Morgan fingerprint density at radius 3 is 1.35 bits per heavy atom. The van der Waals surface area contributed by atoms with Crippen LogP contribution in [0.3, 0.4) is 0 Å². The van der Waals surface area contributed by atoms with E-state index >= 15 is 0 Å². The number of hydrogen-bond acceptors (Lipinski definition) is 4. The minimum Gasteiger partial charge on any atom is -0.748 e. The van der Waals surface area contributed by atoms with Crippen molar-refractivity contribution in [2.75, 3.05) is 0 Å². The van der Waals surface area contributed by atoms with E-state index in [1.165, 1.54) is 68.7 Å². The van der Waals surface area contributed by atoms with E-state index in [9.17, 15) is 0 Å². The van der Waals surface area contributed by atoms with E-state index < -0.39 is 5.16 Å². The molecule has 8 aliphatic carbocycles. The van der Waals surface area contributed by atoms with Gasteiger partial charge in [0.1, 0.15) is 11.6 Å². The smallest absolute Gasteiger partial charge is 0.137 e. The van der Waals surface area contributed by atoms with Crippen molar-refractivity contribution in [3.63, 3.8) is 0 Å². The molecule has 2 aromatic heterocycles. The molecule has 8 saturated carbocycles. The van der Waals surface area contributed by atoms with Gasteiger partial charge in [-0.3, -0.25) is 0 Å². The van der Waals surface area contributed by atoms with Gasteiger partial charge in [-0.1, -0.05) is 32.3 Å². The van der Waals surface area contributed by atoms with E-state index in [2.05, 4.69) is 42.1 Å². The fourth-order valence-corrected chi connectivity index (χ4v) is 17.8. The molecule has 0 aliphatic heterocycles. The van der Waals surface area contributed by atoms with Crippen LogP contribution in [-0.4, -0.2) is 31.3 Å². The van der Waals surface area contributed by atoms with E-state index in [-0.39, 0.29) is 30.4 Å². The standard InChI is InChI=1S/C39H51N4P2.C5H5.Fe/c1-38(2,3)32-20-31(33(21-32)39(44,36-40-6-4-7-41-36)37-42-8-5-9-43-37)22-45(34-27-12-23-10-24(14-27)15-28(34)13-23)35-29-16-25-11-26(18-29)19-30(35)17-25;1-2-4-5-3-1;/h4-9,20-21,23-30,34-35H,10-19,22,44H2,1-3H3;1-5H;/q-1;-5;. The summed E-state index contributed by atoms with van der Waals surface area (Å²) < 4.78 is 0. The Balaban J connectivity index is 0.000000576. The van der Waals surface area contributed by atoms with Gasteiger partial charge < -0.3 is 30.3 Å². The minimum atomic E-state index is -0.684. The van der Waals surface area contributed by atoms with Crippen LogP contribution in [0.25, 0.3) is 0 Å². The van der Waals surface area contributed by atoms with Crippen LogP contribution in [0.1, 0.15) is 113 Å². The summed E-state index contributed by atoms with van der Waals surface area (Å²) in [7, 11) is 3.04. The maximum Gasteiger partial charge on any atom is 0.137 e. The van der Waals surface area contributed by atoms with Gasteiger partial charge in [0.05, 0.1) is 5.16 Å². The second kappa shape index (κ2) is 14.5. The molecule has 2 heterocycles. The quantitative estimate of drug-likeness (QED) is 0.107. The summed E-state index contributed by atoms with van der Waals surface area (Å²) in [4.78, 5) is 19.6. The zero-order chi connectivity index (χ0) is 34.0. The molecule has 8 bridgehead atoms. The van der Waals surface area contributed by atoms with Gasteiger partial charge in [0, 0.05) is 41.9 Å². The van der Waals surface area contributed by atoms with Gasteiger partial charge in [0.2, 0.25) is 0 Å². The molecular formula is C44H56FeN4P2-6. The molecular weight excluding hydrogens is 702 g/mol. The number of rotatable bonds is 7. The SMILES string of the molecule is CC(C)(C)[c-]1cc(CP(C2C3CC4CC(C3)CC2C4)C2C3CC4CC(C3)CC2C4)c(C(P)(c2ncccn2)c2ncccn2)c1.[Fe].[cH-]1[cH-][cH-][cH-][cH-]1. The van der Waals surface area contributed by atoms with Crippen LogP contribution in [0.2, 0.25) is 0 Å². The van der Waals surface area contributed by atoms with E-state index in [1.54, 1.807) is 18.4 Å². The van der Waals surface area contributed by atoms with Crippen LogP contribution in [-0.2, 0) is 33.8 Å². The van der Waals surface area contributed by atoms with Crippen LogP contribution < -0.4 is 0 Å². The van der Waals surface area contributed by atoms with Gasteiger partial charge in [-0.15, -0.1) is 17.2 Å². The zero-order valence-electron chi connectivity index (χ0n) is 30.7. The first kappa shape index (κ1) is 36.2. The molecule has 0 radical (unpaired) electrons. The number of nitrogens with zero attached hydrogens (tertiary/aromatic N) is 4. The van der Waals surface area contributed by atoms with Crippen molar-refractivity contribution in [2.24, 2.45) is 47.3 Å². The molecule has 0 N–H and O–H groups in total. The monoisotopic (exact) mass is 758 g/mol. The van der Waals surface area contributed by atoms with Crippen molar-refractivity contribution in [3.05, 3.63) is 108 Å².